The monoisotopic (exact) mass is 258 g/mol. The molecule has 2 rings (SSSR count). The Morgan fingerprint density at radius 3 is 2.39 bits per heavy atom. The molecule has 18 heavy (non-hydrogen) atoms. The van der Waals surface area contributed by atoms with Crippen molar-refractivity contribution < 1.29 is 4.79 Å². The van der Waals surface area contributed by atoms with Crippen LogP contribution >= 0.6 is 11.3 Å². The summed E-state index contributed by atoms with van der Waals surface area (Å²) in [6.45, 7) is 6.37. The van der Waals surface area contributed by atoms with E-state index in [0.717, 1.165) is 22.4 Å². The second-order valence-electron chi connectivity index (χ2n) is 4.69. The fourth-order valence-electron chi connectivity index (χ4n) is 1.94. The molecule has 0 aliphatic rings. The summed E-state index contributed by atoms with van der Waals surface area (Å²) >= 11 is 1.52. The molecular weight excluding hydrogens is 240 g/mol. The van der Waals surface area contributed by atoms with E-state index >= 15 is 0 Å². The first kappa shape index (κ1) is 13.0. The zero-order valence-electron chi connectivity index (χ0n) is 11.1. The fourth-order valence-corrected chi connectivity index (χ4v) is 2.82. The molecular formula is C16H18OS. The summed E-state index contributed by atoms with van der Waals surface area (Å²) in [5, 5.41) is 1.97. The van der Waals surface area contributed by atoms with Gasteiger partial charge in [-0.2, -0.15) is 0 Å². The first-order valence-electron chi connectivity index (χ1n) is 6.32. The van der Waals surface area contributed by atoms with Crippen LogP contribution < -0.4 is 0 Å². The molecule has 0 N–H and O–H groups in total. The molecule has 0 radical (unpaired) electrons. The first-order valence-corrected chi connectivity index (χ1v) is 7.20. The number of ketones is 1. The molecule has 1 aromatic carbocycles. The number of benzene rings is 1. The molecule has 0 spiro atoms. The Morgan fingerprint density at radius 2 is 1.89 bits per heavy atom. The van der Waals surface area contributed by atoms with Gasteiger partial charge in [0.15, 0.2) is 0 Å². The highest BCUT2D eigenvalue weighted by molar-refractivity contribution is 7.12. The lowest BCUT2D eigenvalue weighted by Gasteiger charge is -2.09. The third kappa shape index (κ3) is 2.54. The summed E-state index contributed by atoms with van der Waals surface area (Å²) in [6, 6.07) is 10.0. The van der Waals surface area contributed by atoms with Crippen molar-refractivity contribution in [2.45, 2.75) is 33.1 Å². The summed E-state index contributed by atoms with van der Waals surface area (Å²) < 4.78 is 0. The molecule has 1 atom stereocenters. The van der Waals surface area contributed by atoms with Crippen LogP contribution in [-0.2, 0) is 0 Å². The van der Waals surface area contributed by atoms with Crippen LogP contribution in [0.25, 0.3) is 0 Å². The SMILES string of the molecule is CCC(C)c1ccc(C(=O)c2sccc2C)cc1. The predicted octanol–water partition coefficient (Wildman–Crippen LogP) is 4.80. The Hall–Kier alpha value is -1.41. The van der Waals surface area contributed by atoms with Gasteiger partial charge in [-0.1, -0.05) is 38.1 Å². The van der Waals surface area contributed by atoms with Gasteiger partial charge in [0.1, 0.15) is 0 Å². The third-order valence-electron chi connectivity index (χ3n) is 3.42. The van der Waals surface area contributed by atoms with Gasteiger partial charge in [-0.15, -0.1) is 11.3 Å². The Labute approximate surface area is 112 Å². The zero-order chi connectivity index (χ0) is 13.1. The average molecular weight is 258 g/mol. The van der Waals surface area contributed by atoms with Gasteiger partial charge in [0.2, 0.25) is 5.78 Å². The van der Waals surface area contributed by atoms with Crippen LogP contribution in [0.1, 0.15) is 52.5 Å². The van der Waals surface area contributed by atoms with Crippen LogP contribution in [0.2, 0.25) is 0 Å². The molecule has 1 nitrogen and oxygen atoms in total. The molecule has 0 aliphatic heterocycles. The van der Waals surface area contributed by atoms with Crippen molar-refractivity contribution in [3.63, 3.8) is 0 Å². The maximum Gasteiger partial charge on any atom is 0.203 e. The summed E-state index contributed by atoms with van der Waals surface area (Å²) in [7, 11) is 0. The fraction of sp³-hybridized carbons (Fsp3) is 0.312. The summed E-state index contributed by atoms with van der Waals surface area (Å²) in [5.41, 5.74) is 3.15. The number of carbonyl (C=O) groups is 1. The van der Waals surface area contributed by atoms with E-state index in [0.29, 0.717) is 5.92 Å². The minimum absolute atomic E-state index is 0.137. The predicted molar refractivity (Wildman–Crippen MR) is 77.6 cm³/mol. The molecule has 0 saturated heterocycles. The van der Waals surface area contributed by atoms with Gasteiger partial charge in [0.25, 0.3) is 0 Å². The second kappa shape index (κ2) is 5.49. The van der Waals surface area contributed by atoms with E-state index < -0.39 is 0 Å². The van der Waals surface area contributed by atoms with E-state index in [1.54, 1.807) is 0 Å². The highest BCUT2D eigenvalue weighted by Crippen LogP contribution is 2.22. The van der Waals surface area contributed by atoms with Crippen molar-refractivity contribution in [2.24, 2.45) is 0 Å². The summed E-state index contributed by atoms with van der Waals surface area (Å²) in [4.78, 5) is 13.1. The standard InChI is InChI=1S/C16H18OS/c1-4-11(2)13-5-7-14(8-6-13)15(17)16-12(3)9-10-18-16/h5-11H,4H2,1-3H3. The van der Waals surface area contributed by atoms with Crippen molar-refractivity contribution >= 4 is 17.1 Å². The summed E-state index contributed by atoms with van der Waals surface area (Å²) in [6.07, 6.45) is 1.12. The van der Waals surface area contributed by atoms with Crippen LogP contribution in [0.4, 0.5) is 0 Å². The van der Waals surface area contributed by atoms with Crippen LogP contribution in [0.3, 0.4) is 0 Å². The molecule has 0 bridgehead atoms. The summed E-state index contributed by atoms with van der Waals surface area (Å²) in [5.74, 6) is 0.691. The largest absolute Gasteiger partial charge is 0.288 e. The topological polar surface area (TPSA) is 17.1 Å². The molecule has 94 valence electrons. The van der Waals surface area contributed by atoms with Crippen LogP contribution in [0.5, 0.6) is 0 Å². The highest BCUT2D eigenvalue weighted by atomic mass is 32.1. The van der Waals surface area contributed by atoms with E-state index in [9.17, 15) is 4.79 Å². The van der Waals surface area contributed by atoms with Crippen LogP contribution in [-0.4, -0.2) is 5.78 Å². The number of carbonyl (C=O) groups excluding carboxylic acids is 1. The maximum absolute atomic E-state index is 12.3. The van der Waals surface area contributed by atoms with Gasteiger partial charge in [-0.05, 0) is 41.8 Å². The lowest BCUT2D eigenvalue weighted by atomic mass is 9.96. The third-order valence-corrected chi connectivity index (χ3v) is 4.44. The van der Waals surface area contributed by atoms with Gasteiger partial charge in [-0.25, -0.2) is 0 Å². The van der Waals surface area contributed by atoms with Gasteiger partial charge >= 0.3 is 0 Å². The minimum atomic E-state index is 0.137. The molecule has 2 heteroatoms. The van der Waals surface area contributed by atoms with Crippen molar-refractivity contribution in [2.75, 3.05) is 0 Å². The molecule has 1 heterocycles. The smallest absolute Gasteiger partial charge is 0.203 e. The van der Waals surface area contributed by atoms with Crippen molar-refractivity contribution in [3.05, 3.63) is 57.3 Å². The van der Waals surface area contributed by atoms with Crippen LogP contribution in [0, 0.1) is 6.92 Å². The van der Waals surface area contributed by atoms with Gasteiger partial charge < -0.3 is 0 Å². The Morgan fingerprint density at radius 1 is 1.22 bits per heavy atom. The molecule has 0 amide bonds. The van der Waals surface area contributed by atoms with Crippen LogP contribution in [0.15, 0.2) is 35.7 Å². The van der Waals surface area contributed by atoms with Crippen molar-refractivity contribution in [1.82, 2.24) is 0 Å². The van der Waals surface area contributed by atoms with E-state index in [1.165, 1.54) is 16.9 Å². The Balaban J connectivity index is 2.25. The normalized spacial score (nSPS) is 12.4. The number of rotatable bonds is 4. The van der Waals surface area contributed by atoms with E-state index in [2.05, 4.69) is 26.0 Å². The Bertz CT molecular complexity index is 536. The Kier molecular flexibility index (Phi) is 3.97. The number of thiophene rings is 1. The first-order chi connectivity index (χ1) is 8.63. The lowest BCUT2D eigenvalue weighted by Crippen LogP contribution is -2.01. The van der Waals surface area contributed by atoms with E-state index in [-0.39, 0.29) is 5.78 Å². The molecule has 0 aliphatic carbocycles. The molecule has 1 unspecified atom stereocenters. The number of aryl methyl sites for hydroxylation is 1. The van der Waals surface area contributed by atoms with Gasteiger partial charge in [0, 0.05) is 5.56 Å². The maximum atomic E-state index is 12.3. The highest BCUT2D eigenvalue weighted by Gasteiger charge is 2.13. The van der Waals surface area contributed by atoms with Crippen molar-refractivity contribution in [3.8, 4) is 0 Å². The molecule has 0 fully saturated rings. The van der Waals surface area contributed by atoms with Gasteiger partial charge in [0.05, 0.1) is 4.88 Å². The molecule has 0 saturated carbocycles. The van der Waals surface area contributed by atoms with E-state index in [4.69, 9.17) is 0 Å². The minimum Gasteiger partial charge on any atom is -0.288 e. The number of hydrogen-bond acceptors (Lipinski definition) is 2. The zero-order valence-corrected chi connectivity index (χ0v) is 11.9. The quantitative estimate of drug-likeness (QED) is 0.720. The van der Waals surface area contributed by atoms with Gasteiger partial charge in [-0.3, -0.25) is 4.79 Å². The molecule has 1 aromatic heterocycles. The molecule has 2 aromatic rings. The lowest BCUT2D eigenvalue weighted by molar-refractivity contribution is 0.104. The second-order valence-corrected chi connectivity index (χ2v) is 5.61. The number of hydrogen-bond donors (Lipinski definition) is 0. The van der Waals surface area contributed by atoms with Crippen molar-refractivity contribution in [1.29, 1.82) is 0 Å². The average Bonchev–Trinajstić information content (AvgIpc) is 2.83. The van der Waals surface area contributed by atoms with E-state index in [1.807, 2.05) is 30.5 Å².